The SMILES string of the molecule is O=C(CSc1nccc(=O)[nH]1)N1c2ccccc2SC[C@H]1c1ccccc1. The molecule has 1 atom stereocenters. The molecule has 7 heteroatoms. The second-order valence-electron chi connectivity index (χ2n) is 6.00. The van der Waals surface area contributed by atoms with Crippen LogP contribution in [0, 0.1) is 0 Å². The van der Waals surface area contributed by atoms with E-state index >= 15 is 0 Å². The largest absolute Gasteiger partial charge is 0.302 e. The summed E-state index contributed by atoms with van der Waals surface area (Å²) in [5.74, 6) is 1.00. The molecule has 27 heavy (non-hydrogen) atoms. The minimum Gasteiger partial charge on any atom is -0.302 e. The normalized spacial score (nSPS) is 16.0. The van der Waals surface area contributed by atoms with Crippen molar-refractivity contribution in [2.45, 2.75) is 16.1 Å². The maximum atomic E-state index is 13.2. The van der Waals surface area contributed by atoms with Crippen LogP contribution in [0.25, 0.3) is 0 Å². The summed E-state index contributed by atoms with van der Waals surface area (Å²) in [5.41, 5.74) is 1.83. The summed E-state index contributed by atoms with van der Waals surface area (Å²) in [6.45, 7) is 0. The van der Waals surface area contributed by atoms with Gasteiger partial charge in [0.25, 0.3) is 5.56 Å². The van der Waals surface area contributed by atoms with Crippen molar-refractivity contribution in [3.63, 3.8) is 0 Å². The number of aromatic nitrogens is 2. The van der Waals surface area contributed by atoms with Crippen LogP contribution < -0.4 is 10.5 Å². The van der Waals surface area contributed by atoms with Gasteiger partial charge in [0.15, 0.2) is 5.16 Å². The summed E-state index contributed by atoms with van der Waals surface area (Å²) in [4.78, 5) is 34.4. The zero-order valence-electron chi connectivity index (χ0n) is 14.4. The molecular formula is C20H17N3O2S2. The van der Waals surface area contributed by atoms with Gasteiger partial charge in [-0.05, 0) is 17.7 Å². The maximum absolute atomic E-state index is 13.2. The summed E-state index contributed by atoms with van der Waals surface area (Å²) in [6, 6.07) is 19.4. The van der Waals surface area contributed by atoms with Crippen molar-refractivity contribution in [2.75, 3.05) is 16.4 Å². The highest BCUT2D eigenvalue weighted by Crippen LogP contribution is 2.43. The van der Waals surface area contributed by atoms with Crippen molar-refractivity contribution in [3.8, 4) is 0 Å². The van der Waals surface area contributed by atoms with Gasteiger partial charge in [-0.1, -0.05) is 54.2 Å². The third kappa shape index (κ3) is 3.94. The molecule has 2 heterocycles. The number of rotatable bonds is 4. The first-order valence-electron chi connectivity index (χ1n) is 8.49. The fraction of sp³-hybridized carbons (Fsp3) is 0.150. The number of nitrogens with one attached hydrogen (secondary N) is 1. The molecule has 0 saturated heterocycles. The van der Waals surface area contributed by atoms with Gasteiger partial charge in [0.1, 0.15) is 0 Å². The van der Waals surface area contributed by atoms with E-state index in [0.29, 0.717) is 5.16 Å². The summed E-state index contributed by atoms with van der Waals surface area (Å²) < 4.78 is 0. The third-order valence-electron chi connectivity index (χ3n) is 4.27. The molecule has 1 aliphatic rings. The predicted molar refractivity (Wildman–Crippen MR) is 109 cm³/mol. The molecule has 1 amide bonds. The molecule has 0 saturated carbocycles. The molecule has 136 valence electrons. The number of carbonyl (C=O) groups is 1. The topological polar surface area (TPSA) is 66.1 Å². The van der Waals surface area contributed by atoms with E-state index in [2.05, 4.69) is 22.1 Å². The van der Waals surface area contributed by atoms with Crippen LogP contribution in [-0.4, -0.2) is 27.4 Å². The van der Waals surface area contributed by atoms with Gasteiger partial charge >= 0.3 is 0 Å². The van der Waals surface area contributed by atoms with Gasteiger partial charge in [0, 0.05) is 22.9 Å². The van der Waals surface area contributed by atoms with Gasteiger partial charge in [-0.25, -0.2) is 4.98 Å². The number of carbonyl (C=O) groups excluding carboxylic acids is 1. The van der Waals surface area contributed by atoms with Crippen molar-refractivity contribution >= 4 is 35.1 Å². The number of para-hydroxylation sites is 1. The lowest BCUT2D eigenvalue weighted by atomic mass is 10.1. The average Bonchev–Trinajstić information content (AvgIpc) is 2.72. The highest BCUT2D eigenvalue weighted by atomic mass is 32.2. The van der Waals surface area contributed by atoms with E-state index in [9.17, 15) is 9.59 Å². The van der Waals surface area contributed by atoms with Crippen LogP contribution in [0.4, 0.5) is 5.69 Å². The lowest BCUT2D eigenvalue weighted by Crippen LogP contribution is -2.39. The molecule has 1 N–H and O–H groups in total. The van der Waals surface area contributed by atoms with Gasteiger partial charge in [-0.15, -0.1) is 11.8 Å². The molecule has 0 aliphatic carbocycles. The molecule has 0 bridgehead atoms. The molecule has 1 aromatic heterocycles. The Hall–Kier alpha value is -2.51. The maximum Gasteiger partial charge on any atom is 0.251 e. The zero-order chi connectivity index (χ0) is 18.6. The average molecular weight is 396 g/mol. The number of H-pyrrole nitrogens is 1. The second kappa shape index (κ2) is 8.02. The smallest absolute Gasteiger partial charge is 0.251 e. The van der Waals surface area contributed by atoms with Gasteiger partial charge < -0.3 is 9.88 Å². The summed E-state index contributed by atoms with van der Waals surface area (Å²) in [6.07, 6.45) is 1.45. The van der Waals surface area contributed by atoms with Crippen LogP contribution in [0.15, 0.2) is 81.7 Å². The predicted octanol–water partition coefficient (Wildman–Crippen LogP) is 3.74. The van der Waals surface area contributed by atoms with Crippen molar-refractivity contribution < 1.29 is 4.79 Å². The molecule has 0 fully saturated rings. The minimum absolute atomic E-state index is 0.00638. The number of fused-ring (bicyclic) bond motifs is 1. The van der Waals surface area contributed by atoms with E-state index in [4.69, 9.17) is 0 Å². The first kappa shape index (κ1) is 17.9. The Morgan fingerprint density at radius 1 is 1.15 bits per heavy atom. The highest BCUT2D eigenvalue weighted by molar-refractivity contribution is 8.00. The second-order valence-corrected chi connectivity index (χ2v) is 8.02. The first-order chi connectivity index (χ1) is 13.2. The molecular weight excluding hydrogens is 378 g/mol. The van der Waals surface area contributed by atoms with Gasteiger partial charge in [0.05, 0.1) is 17.5 Å². The lowest BCUT2D eigenvalue weighted by Gasteiger charge is -2.37. The Balaban J connectivity index is 1.63. The van der Waals surface area contributed by atoms with Gasteiger partial charge in [0.2, 0.25) is 5.91 Å². The first-order valence-corrected chi connectivity index (χ1v) is 10.5. The fourth-order valence-corrected chi connectivity index (χ4v) is 4.92. The van der Waals surface area contributed by atoms with E-state index in [0.717, 1.165) is 21.9 Å². The van der Waals surface area contributed by atoms with Crippen LogP contribution in [-0.2, 0) is 4.79 Å². The Morgan fingerprint density at radius 3 is 2.74 bits per heavy atom. The molecule has 2 aromatic carbocycles. The number of hydrogen-bond donors (Lipinski definition) is 1. The van der Waals surface area contributed by atoms with Crippen molar-refractivity contribution in [3.05, 3.63) is 82.8 Å². The molecule has 4 rings (SSSR count). The van der Waals surface area contributed by atoms with Gasteiger partial charge in [-0.3, -0.25) is 9.59 Å². The quantitative estimate of drug-likeness (QED) is 0.538. The number of benzene rings is 2. The minimum atomic E-state index is -0.221. The van der Waals surface area contributed by atoms with E-state index in [1.54, 1.807) is 11.8 Å². The summed E-state index contributed by atoms with van der Waals surface area (Å²) >= 11 is 3.01. The molecule has 0 radical (unpaired) electrons. The summed E-state index contributed by atoms with van der Waals surface area (Å²) in [5, 5.41) is 0.451. The van der Waals surface area contributed by atoms with Crippen LogP contribution >= 0.6 is 23.5 Å². The Bertz CT molecular complexity index is 1010. The molecule has 1 aliphatic heterocycles. The van der Waals surface area contributed by atoms with Crippen molar-refractivity contribution in [1.82, 2.24) is 9.97 Å². The Kier molecular flexibility index (Phi) is 5.31. The number of nitrogens with zero attached hydrogens (tertiary/aromatic N) is 2. The van der Waals surface area contributed by atoms with E-state index in [1.807, 2.05) is 47.4 Å². The summed E-state index contributed by atoms with van der Waals surface area (Å²) in [7, 11) is 0. The molecule has 0 unspecified atom stereocenters. The molecule has 0 spiro atoms. The van der Waals surface area contributed by atoms with Crippen molar-refractivity contribution in [2.24, 2.45) is 0 Å². The van der Waals surface area contributed by atoms with Gasteiger partial charge in [-0.2, -0.15) is 0 Å². The monoisotopic (exact) mass is 395 g/mol. The number of aromatic amines is 1. The van der Waals surface area contributed by atoms with E-state index in [-0.39, 0.29) is 23.3 Å². The Labute approximate surface area is 165 Å². The number of thioether (sulfide) groups is 2. The number of amides is 1. The van der Waals surface area contributed by atoms with Crippen molar-refractivity contribution in [1.29, 1.82) is 0 Å². The van der Waals surface area contributed by atoms with Crippen LogP contribution in [0.3, 0.4) is 0 Å². The molecule has 3 aromatic rings. The number of hydrogen-bond acceptors (Lipinski definition) is 5. The standard InChI is InChI=1S/C20H17N3O2S2/c24-18-10-11-21-20(22-18)27-13-19(25)23-15-8-4-5-9-17(15)26-12-16(23)14-6-2-1-3-7-14/h1-11,16H,12-13H2,(H,21,22,24)/t16-/m0/s1. The van der Waals surface area contributed by atoms with Crippen LogP contribution in [0.2, 0.25) is 0 Å². The van der Waals surface area contributed by atoms with Crippen LogP contribution in [0.1, 0.15) is 11.6 Å². The number of anilines is 1. The van der Waals surface area contributed by atoms with E-state index < -0.39 is 0 Å². The highest BCUT2D eigenvalue weighted by Gasteiger charge is 2.32. The Morgan fingerprint density at radius 2 is 1.93 bits per heavy atom. The third-order valence-corrected chi connectivity index (χ3v) is 6.28. The van der Waals surface area contributed by atoms with E-state index in [1.165, 1.54) is 24.0 Å². The fourth-order valence-electron chi connectivity index (χ4n) is 3.04. The lowest BCUT2D eigenvalue weighted by molar-refractivity contribution is -0.116. The van der Waals surface area contributed by atoms with Crippen LogP contribution in [0.5, 0.6) is 0 Å². The molecule has 5 nitrogen and oxygen atoms in total. The zero-order valence-corrected chi connectivity index (χ0v) is 16.0.